The van der Waals surface area contributed by atoms with Crippen molar-refractivity contribution in [2.45, 2.75) is 51.7 Å². The van der Waals surface area contributed by atoms with Crippen LogP contribution in [0, 0.1) is 6.92 Å². The van der Waals surface area contributed by atoms with E-state index in [1.165, 1.54) is 6.08 Å². The molecule has 3 atom stereocenters. The fourth-order valence-electron chi connectivity index (χ4n) is 6.64. The third-order valence-electron chi connectivity index (χ3n) is 8.86. The predicted octanol–water partition coefficient (Wildman–Crippen LogP) is 3.73. The largest absolute Gasteiger partial charge is 0.497 e. The molecular weight excluding hydrogens is 558 g/mol. The van der Waals surface area contributed by atoms with Gasteiger partial charge in [-0.3, -0.25) is 14.2 Å². The second-order valence-electron chi connectivity index (χ2n) is 11.8. The number of piperazine rings is 1. The van der Waals surface area contributed by atoms with Crippen molar-refractivity contribution in [2.24, 2.45) is 0 Å². The molecule has 11 heteroatoms. The summed E-state index contributed by atoms with van der Waals surface area (Å²) < 4.78 is 13.4. The number of amides is 1. The van der Waals surface area contributed by atoms with Crippen molar-refractivity contribution in [1.29, 1.82) is 0 Å². The Bertz CT molecular complexity index is 1790. The highest BCUT2D eigenvalue weighted by Crippen LogP contribution is 2.32. The second-order valence-corrected chi connectivity index (χ2v) is 11.8. The van der Waals surface area contributed by atoms with Gasteiger partial charge in [-0.15, -0.1) is 0 Å². The molecule has 0 spiro atoms. The number of methoxy groups -OCH3 is 1. The van der Waals surface area contributed by atoms with Gasteiger partial charge < -0.3 is 24.2 Å². The Morgan fingerprint density at radius 3 is 2.52 bits per heavy atom. The van der Waals surface area contributed by atoms with Gasteiger partial charge in [-0.1, -0.05) is 30.8 Å². The average molecular weight is 598 g/mol. The van der Waals surface area contributed by atoms with E-state index in [-0.39, 0.29) is 41.1 Å². The van der Waals surface area contributed by atoms with Gasteiger partial charge in [0.2, 0.25) is 5.91 Å². The van der Waals surface area contributed by atoms with E-state index in [2.05, 4.69) is 28.4 Å². The maximum Gasteiger partial charge on any atom is 0.319 e. The van der Waals surface area contributed by atoms with Gasteiger partial charge in [0.15, 0.2) is 11.3 Å². The van der Waals surface area contributed by atoms with Crippen molar-refractivity contribution in [2.75, 3.05) is 45.3 Å². The summed E-state index contributed by atoms with van der Waals surface area (Å²) in [6.45, 7) is 11.9. The van der Waals surface area contributed by atoms with Crippen LogP contribution in [-0.4, -0.2) is 93.8 Å². The molecule has 0 radical (unpaired) electrons. The van der Waals surface area contributed by atoms with Crippen LogP contribution >= 0.6 is 0 Å². The molecule has 1 amide bonds. The molecule has 2 aromatic carbocycles. The molecule has 2 aliphatic heterocycles. The molecule has 11 nitrogen and oxygen atoms in total. The van der Waals surface area contributed by atoms with Gasteiger partial charge in [-0.25, -0.2) is 4.98 Å². The number of benzene rings is 2. The van der Waals surface area contributed by atoms with Gasteiger partial charge >= 0.3 is 6.01 Å². The number of carbonyl (C=O) groups excluding carboxylic acids is 1. The molecule has 0 N–H and O–H groups in total. The van der Waals surface area contributed by atoms with Crippen LogP contribution in [0.4, 0.5) is 5.82 Å². The van der Waals surface area contributed by atoms with Gasteiger partial charge in [0.05, 0.1) is 12.8 Å². The monoisotopic (exact) mass is 597 g/mol. The quantitative estimate of drug-likeness (QED) is 0.295. The fourth-order valence-corrected chi connectivity index (χ4v) is 6.64. The van der Waals surface area contributed by atoms with Crippen LogP contribution in [0.1, 0.15) is 32.5 Å². The summed E-state index contributed by atoms with van der Waals surface area (Å²) in [4.78, 5) is 47.7. The molecule has 2 aromatic heterocycles. The first-order valence-corrected chi connectivity index (χ1v) is 15.1. The van der Waals surface area contributed by atoms with Crippen LogP contribution in [0.15, 0.2) is 53.8 Å². The minimum atomic E-state index is -0.321. The average Bonchev–Trinajstić information content (AvgIpc) is 3.43. The summed E-state index contributed by atoms with van der Waals surface area (Å²) in [6.07, 6.45) is 3.48. The topological polar surface area (TPSA) is 106 Å². The van der Waals surface area contributed by atoms with Crippen LogP contribution in [0.2, 0.25) is 0 Å². The maximum atomic E-state index is 14.5. The SMILES string of the molecule is C=CC(=O)N1C[C@H](C)N(c2nc(OC[C@@H]3CCCN3C)nc3c(=O)n(-c4cc(OC)cc5ccccc45)c(C)nc23)[C@@H](C)C1. The Labute approximate surface area is 256 Å². The highest BCUT2D eigenvalue weighted by Gasteiger charge is 2.35. The smallest absolute Gasteiger partial charge is 0.319 e. The van der Waals surface area contributed by atoms with Crippen molar-refractivity contribution >= 4 is 33.5 Å². The molecule has 0 aliphatic carbocycles. The lowest BCUT2D eigenvalue weighted by atomic mass is 10.1. The summed E-state index contributed by atoms with van der Waals surface area (Å²) in [5, 5.41) is 1.83. The number of hydrogen-bond acceptors (Lipinski definition) is 9. The Morgan fingerprint density at radius 2 is 1.84 bits per heavy atom. The summed E-state index contributed by atoms with van der Waals surface area (Å²) in [6, 6.07) is 11.8. The molecule has 2 saturated heterocycles. The first-order valence-electron chi connectivity index (χ1n) is 15.1. The zero-order chi connectivity index (χ0) is 31.1. The molecule has 4 aromatic rings. The van der Waals surface area contributed by atoms with E-state index in [0.717, 1.165) is 30.2 Å². The van der Waals surface area contributed by atoms with Gasteiger partial charge in [0.1, 0.15) is 23.7 Å². The molecule has 44 heavy (non-hydrogen) atoms. The van der Waals surface area contributed by atoms with Crippen LogP contribution in [-0.2, 0) is 4.79 Å². The lowest BCUT2D eigenvalue weighted by molar-refractivity contribution is -0.127. The van der Waals surface area contributed by atoms with E-state index in [0.29, 0.717) is 48.3 Å². The predicted molar refractivity (Wildman–Crippen MR) is 171 cm³/mol. The van der Waals surface area contributed by atoms with Crippen molar-refractivity contribution in [3.63, 3.8) is 0 Å². The number of ether oxygens (including phenoxy) is 2. The molecular formula is C33H39N7O4. The molecule has 4 heterocycles. The van der Waals surface area contributed by atoms with E-state index in [4.69, 9.17) is 19.4 Å². The fraction of sp³-hybridized carbons (Fsp3) is 0.424. The number of aryl methyl sites for hydroxylation is 1. The standard InChI is InChI=1S/C33H39N7O4/c1-7-28(41)38-17-20(2)39(21(3)18-38)31-29-30(35-33(36-31)44-19-24-12-10-14-37(24)5)32(42)40(22(4)34-29)27-16-25(43-6)15-23-11-8-9-13-26(23)27/h7-9,11,13,15-16,20-21,24H,1,10,12,14,17-19H2,2-6H3/t20-,21-,24-/m0/s1. The van der Waals surface area contributed by atoms with Gasteiger partial charge in [0, 0.05) is 42.7 Å². The van der Waals surface area contributed by atoms with Crippen molar-refractivity contribution in [1.82, 2.24) is 29.3 Å². The molecule has 0 saturated carbocycles. The van der Waals surface area contributed by atoms with Crippen LogP contribution in [0.25, 0.3) is 27.5 Å². The Balaban J connectivity index is 1.53. The summed E-state index contributed by atoms with van der Waals surface area (Å²) in [7, 11) is 3.70. The summed E-state index contributed by atoms with van der Waals surface area (Å²) >= 11 is 0. The van der Waals surface area contributed by atoms with E-state index in [1.807, 2.05) is 57.2 Å². The third kappa shape index (κ3) is 5.25. The zero-order valence-corrected chi connectivity index (χ0v) is 26.0. The first kappa shape index (κ1) is 29.6. The van der Waals surface area contributed by atoms with E-state index in [1.54, 1.807) is 16.6 Å². The molecule has 6 rings (SSSR count). The number of carbonyl (C=O) groups is 1. The molecule has 0 unspecified atom stereocenters. The zero-order valence-electron chi connectivity index (χ0n) is 26.0. The molecule has 2 fully saturated rings. The Hall–Kier alpha value is -4.51. The minimum Gasteiger partial charge on any atom is -0.497 e. The number of hydrogen-bond donors (Lipinski definition) is 0. The summed E-state index contributed by atoms with van der Waals surface area (Å²) in [5.41, 5.74) is 0.915. The van der Waals surface area contributed by atoms with E-state index in [9.17, 15) is 9.59 Å². The molecule has 230 valence electrons. The number of nitrogens with zero attached hydrogens (tertiary/aromatic N) is 7. The molecule has 2 aliphatic rings. The van der Waals surface area contributed by atoms with Crippen molar-refractivity contribution in [3.8, 4) is 17.4 Å². The highest BCUT2D eigenvalue weighted by atomic mass is 16.5. The Morgan fingerprint density at radius 1 is 1.09 bits per heavy atom. The number of fused-ring (bicyclic) bond motifs is 2. The van der Waals surface area contributed by atoms with Crippen molar-refractivity contribution in [3.05, 3.63) is 65.2 Å². The maximum absolute atomic E-state index is 14.5. The number of anilines is 1. The minimum absolute atomic E-state index is 0.108. The summed E-state index contributed by atoms with van der Waals surface area (Å²) in [5.74, 6) is 1.54. The van der Waals surface area contributed by atoms with E-state index < -0.39 is 0 Å². The highest BCUT2D eigenvalue weighted by molar-refractivity contribution is 5.93. The second kappa shape index (κ2) is 11.9. The van der Waals surface area contributed by atoms with E-state index >= 15 is 0 Å². The number of rotatable bonds is 7. The lowest BCUT2D eigenvalue weighted by Gasteiger charge is -2.45. The first-order chi connectivity index (χ1) is 21.2. The van der Waals surface area contributed by atoms with Gasteiger partial charge in [-0.2, -0.15) is 9.97 Å². The normalized spacial score (nSPS) is 20.8. The molecule has 0 bridgehead atoms. The number of likely N-dealkylation sites (tertiary alicyclic amines) is 1. The van der Waals surface area contributed by atoms with Crippen LogP contribution in [0.3, 0.4) is 0 Å². The van der Waals surface area contributed by atoms with Crippen molar-refractivity contribution < 1.29 is 14.3 Å². The lowest BCUT2D eigenvalue weighted by Crippen LogP contribution is -2.58. The van der Waals surface area contributed by atoms with Crippen LogP contribution < -0.4 is 19.9 Å². The number of likely N-dealkylation sites (N-methyl/N-ethyl adjacent to an activating group) is 1. The van der Waals surface area contributed by atoms with Crippen LogP contribution in [0.5, 0.6) is 11.8 Å². The Kier molecular flexibility index (Phi) is 7.98. The van der Waals surface area contributed by atoms with Gasteiger partial charge in [0.25, 0.3) is 5.56 Å². The third-order valence-corrected chi connectivity index (χ3v) is 8.86. The van der Waals surface area contributed by atoms with Gasteiger partial charge in [-0.05, 0) is 64.7 Å². The number of aromatic nitrogens is 4.